The molecule has 0 amide bonds. The van der Waals surface area contributed by atoms with E-state index in [9.17, 15) is 14.7 Å². The minimum atomic E-state index is -0.786. The number of para-hydroxylation sites is 1. The summed E-state index contributed by atoms with van der Waals surface area (Å²) >= 11 is 0. The molecule has 0 atom stereocenters. The van der Waals surface area contributed by atoms with Crippen molar-refractivity contribution in [2.75, 3.05) is 5.43 Å². The standard InChI is InChI=1S/C14H11N5O3/c20-12-10(13(21)18-14(22)17-12)7-16-19-9-5-8-3-1-2-4-11(8)15-6-9/h1-7,19H,(H3,17,18,20,21,22)/b16-7+. The molecule has 0 aliphatic carbocycles. The van der Waals surface area contributed by atoms with E-state index in [-0.39, 0.29) is 5.56 Å². The first-order valence-corrected chi connectivity index (χ1v) is 6.33. The Morgan fingerprint density at radius 2 is 2.05 bits per heavy atom. The highest BCUT2D eigenvalue weighted by atomic mass is 16.3. The van der Waals surface area contributed by atoms with Crippen molar-refractivity contribution < 1.29 is 5.11 Å². The maximum atomic E-state index is 11.5. The van der Waals surface area contributed by atoms with Gasteiger partial charge in [-0.05, 0) is 12.1 Å². The van der Waals surface area contributed by atoms with Gasteiger partial charge in [-0.3, -0.25) is 25.2 Å². The van der Waals surface area contributed by atoms with Crippen LogP contribution in [0.2, 0.25) is 0 Å². The molecule has 0 saturated heterocycles. The van der Waals surface area contributed by atoms with Gasteiger partial charge >= 0.3 is 5.69 Å². The summed E-state index contributed by atoms with van der Waals surface area (Å²) in [6, 6.07) is 9.44. The molecule has 0 radical (unpaired) electrons. The number of aromatic hydroxyl groups is 1. The number of nitrogens with one attached hydrogen (secondary N) is 3. The van der Waals surface area contributed by atoms with E-state index in [1.165, 1.54) is 0 Å². The van der Waals surface area contributed by atoms with Crippen molar-refractivity contribution in [2.24, 2.45) is 5.10 Å². The van der Waals surface area contributed by atoms with Crippen molar-refractivity contribution >= 4 is 22.8 Å². The second-order valence-electron chi connectivity index (χ2n) is 4.46. The summed E-state index contributed by atoms with van der Waals surface area (Å²) in [5.74, 6) is -0.545. The first kappa shape index (κ1) is 13.6. The van der Waals surface area contributed by atoms with Gasteiger partial charge in [0.05, 0.1) is 23.6 Å². The number of benzene rings is 1. The van der Waals surface area contributed by atoms with E-state index in [2.05, 4.69) is 20.5 Å². The van der Waals surface area contributed by atoms with Crippen LogP contribution in [0.3, 0.4) is 0 Å². The molecular formula is C14H11N5O3. The van der Waals surface area contributed by atoms with Gasteiger partial charge in [0, 0.05) is 5.39 Å². The number of hydrogen-bond acceptors (Lipinski definition) is 6. The van der Waals surface area contributed by atoms with Gasteiger partial charge in [-0.15, -0.1) is 0 Å². The number of pyridine rings is 1. The Kier molecular flexibility index (Phi) is 3.40. The van der Waals surface area contributed by atoms with Crippen molar-refractivity contribution in [3.8, 4) is 5.88 Å². The number of anilines is 1. The molecule has 0 saturated carbocycles. The summed E-state index contributed by atoms with van der Waals surface area (Å²) in [4.78, 5) is 30.8. The van der Waals surface area contributed by atoms with Gasteiger partial charge in [0.1, 0.15) is 5.56 Å². The van der Waals surface area contributed by atoms with E-state index >= 15 is 0 Å². The molecule has 2 heterocycles. The van der Waals surface area contributed by atoms with E-state index in [1.54, 1.807) is 6.20 Å². The second kappa shape index (κ2) is 5.52. The molecule has 8 nitrogen and oxygen atoms in total. The minimum Gasteiger partial charge on any atom is -0.494 e. The molecule has 8 heteroatoms. The van der Waals surface area contributed by atoms with Gasteiger partial charge in [0.15, 0.2) is 0 Å². The van der Waals surface area contributed by atoms with Crippen LogP contribution in [-0.4, -0.2) is 26.3 Å². The van der Waals surface area contributed by atoms with E-state index < -0.39 is 17.1 Å². The SMILES string of the molecule is O=c1[nH]c(O)c(/C=N/Nc2cnc3ccccc3c2)c(=O)[nH]1. The van der Waals surface area contributed by atoms with Gasteiger partial charge in [-0.2, -0.15) is 5.10 Å². The molecule has 1 aromatic carbocycles. The molecule has 3 aromatic rings. The number of aromatic nitrogens is 3. The molecule has 0 aliphatic rings. The zero-order chi connectivity index (χ0) is 15.5. The summed E-state index contributed by atoms with van der Waals surface area (Å²) in [5.41, 5.74) is 2.51. The van der Waals surface area contributed by atoms with E-state index in [0.717, 1.165) is 17.1 Å². The fourth-order valence-electron chi connectivity index (χ4n) is 1.91. The van der Waals surface area contributed by atoms with Crippen LogP contribution in [0, 0.1) is 0 Å². The normalized spacial score (nSPS) is 11.1. The zero-order valence-electron chi connectivity index (χ0n) is 11.2. The monoisotopic (exact) mass is 297 g/mol. The molecule has 4 N–H and O–H groups in total. The molecule has 0 bridgehead atoms. The number of hydrazone groups is 1. The van der Waals surface area contributed by atoms with E-state index in [4.69, 9.17) is 0 Å². The number of fused-ring (bicyclic) bond motifs is 1. The summed E-state index contributed by atoms with van der Waals surface area (Å²) < 4.78 is 0. The third-order valence-corrected chi connectivity index (χ3v) is 2.94. The molecular weight excluding hydrogens is 286 g/mol. The smallest absolute Gasteiger partial charge is 0.328 e. The molecule has 0 aliphatic heterocycles. The molecule has 0 fully saturated rings. The summed E-state index contributed by atoms with van der Waals surface area (Å²) in [6.07, 6.45) is 2.70. The molecule has 3 rings (SSSR count). The van der Waals surface area contributed by atoms with Crippen LogP contribution in [0.1, 0.15) is 5.56 Å². The molecule has 22 heavy (non-hydrogen) atoms. The highest BCUT2D eigenvalue weighted by Crippen LogP contribution is 2.15. The number of nitrogens with zero attached hydrogens (tertiary/aromatic N) is 2. The highest BCUT2D eigenvalue weighted by molar-refractivity contribution is 5.83. The topological polar surface area (TPSA) is 123 Å². The third kappa shape index (κ3) is 2.70. The van der Waals surface area contributed by atoms with Gasteiger partial charge in [0.2, 0.25) is 5.88 Å². The average Bonchev–Trinajstić information content (AvgIpc) is 2.49. The molecule has 0 spiro atoms. The maximum absolute atomic E-state index is 11.5. The predicted octanol–water partition coefficient (Wildman–Crippen LogP) is 0.763. The maximum Gasteiger partial charge on any atom is 0.328 e. The third-order valence-electron chi connectivity index (χ3n) is 2.94. The minimum absolute atomic E-state index is 0.152. The lowest BCUT2D eigenvalue weighted by molar-refractivity contribution is 0.447. The fraction of sp³-hybridized carbons (Fsp3) is 0. The number of H-pyrrole nitrogens is 2. The molecule has 110 valence electrons. The van der Waals surface area contributed by atoms with Gasteiger partial charge in [-0.1, -0.05) is 18.2 Å². The largest absolute Gasteiger partial charge is 0.494 e. The lowest BCUT2D eigenvalue weighted by atomic mass is 10.2. The van der Waals surface area contributed by atoms with Gasteiger partial charge in [-0.25, -0.2) is 4.79 Å². The quantitative estimate of drug-likeness (QED) is 0.420. The van der Waals surface area contributed by atoms with Gasteiger partial charge in [0.25, 0.3) is 5.56 Å². The van der Waals surface area contributed by atoms with Crippen molar-refractivity contribution in [3.63, 3.8) is 0 Å². The van der Waals surface area contributed by atoms with Crippen molar-refractivity contribution in [3.05, 3.63) is 62.9 Å². The summed E-state index contributed by atoms with van der Waals surface area (Å²) in [5, 5.41) is 14.3. The average molecular weight is 297 g/mol. The number of hydrogen-bond donors (Lipinski definition) is 4. The Labute approximate surface area is 123 Å². The van der Waals surface area contributed by atoms with E-state index in [0.29, 0.717) is 5.69 Å². The van der Waals surface area contributed by atoms with Crippen molar-refractivity contribution in [1.82, 2.24) is 15.0 Å². The molecule has 0 unspecified atom stereocenters. The molecule has 2 aromatic heterocycles. The van der Waals surface area contributed by atoms with Crippen LogP contribution >= 0.6 is 0 Å². The first-order valence-electron chi connectivity index (χ1n) is 6.33. The fourth-order valence-corrected chi connectivity index (χ4v) is 1.91. The van der Waals surface area contributed by atoms with Crippen LogP contribution in [-0.2, 0) is 0 Å². The Morgan fingerprint density at radius 3 is 2.86 bits per heavy atom. The highest BCUT2D eigenvalue weighted by Gasteiger charge is 2.05. The predicted molar refractivity (Wildman–Crippen MR) is 82.3 cm³/mol. The van der Waals surface area contributed by atoms with Crippen LogP contribution in [0.25, 0.3) is 10.9 Å². The zero-order valence-corrected chi connectivity index (χ0v) is 11.2. The number of aromatic amines is 2. The number of rotatable bonds is 3. The second-order valence-corrected chi connectivity index (χ2v) is 4.46. The van der Waals surface area contributed by atoms with E-state index in [1.807, 2.05) is 35.3 Å². The Balaban J connectivity index is 1.84. The lowest BCUT2D eigenvalue weighted by Crippen LogP contribution is -2.25. The van der Waals surface area contributed by atoms with Crippen molar-refractivity contribution in [2.45, 2.75) is 0 Å². The lowest BCUT2D eigenvalue weighted by Gasteiger charge is -2.02. The Bertz CT molecular complexity index is 974. The van der Waals surface area contributed by atoms with Crippen LogP contribution < -0.4 is 16.7 Å². The summed E-state index contributed by atoms with van der Waals surface area (Å²) in [7, 11) is 0. The Hall–Kier alpha value is -3.42. The van der Waals surface area contributed by atoms with Crippen LogP contribution in [0.5, 0.6) is 5.88 Å². The first-order chi connectivity index (χ1) is 10.6. The van der Waals surface area contributed by atoms with Crippen molar-refractivity contribution in [1.29, 1.82) is 0 Å². The summed E-state index contributed by atoms with van der Waals surface area (Å²) in [6.45, 7) is 0. The van der Waals surface area contributed by atoms with Crippen LogP contribution in [0.4, 0.5) is 5.69 Å². The van der Waals surface area contributed by atoms with Gasteiger partial charge < -0.3 is 5.11 Å². The Morgan fingerprint density at radius 1 is 1.23 bits per heavy atom. The van der Waals surface area contributed by atoms with Crippen LogP contribution in [0.15, 0.2) is 51.2 Å².